The highest BCUT2D eigenvalue weighted by molar-refractivity contribution is 5.88. The first kappa shape index (κ1) is 19.1. The van der Waals surface area contributed by atoms with Crippen molar-refractivity contribution in [1.82, 2.24) is 0 Å². The normalized spacial score (nSPS) is 28.9. The molecule has 1 amide bonds. The molecule has 1 heterocycles. The lowest BCUT2D eigenvalue weighted by Crippen LogP contribution is -2.60. The summed E-state index contributed by atoms with van der Waals surface area (Å²) in [5.41, 5.74) is 0.563. The number of hydrogen-bond donors (Lipinski definition) is 4. The molecule has 0 aromatic heterocycles. The summed E-state index contributed by atoms with van der Waals surface area (Å²) < 4.78 is 15.7. The average Bonchev–Trinajstić information content (AvgIpc) is 2.55. The lowest BCUT2D eigenvalue weighted by atomic mass is 9.99. The van der Waals surface area contributed by atoms with E-state index in [0.717, 1.165) is 0 Å². The Kier molecular flexibility index (Phi) is 6.32. The predicted molar refractivity (Wildman–Crippen MR) is 84.7 cm³/mol. The standard InChI is InChI=1S/C16H21NO8/c1-8(18)17-10-3-5-11(6-4-10)24-16-15(22)14(21)13(20)12(25-16)7-23-9(2)19/h3-6,12-16,20-22H,7H2,1-2H3,(H,17,18)/t12?,13-,14?,15?,16?/m1/s1. The zero-order valence-electron chi connectivity index (χ0n) is 13.8. The van der Waals surface area contributed by atoms with Crippen molar-refractivity contribution < 1.29 is 39.1 Å². The van der Waals surface area contributed by atoms with Gasteiger partial charge < -0.3 is 34.8 Å². The number of rotatable bonds is 5. The third kappa shape index (κ3) is 5.13. The maximum Gasteiger partial charge on any atom is 0.302 e. The number of carbonyl (C=O) groups is 2. The van der Waals surface area contributed by atoms with E-state index in [1.807, 2.05) is 0 Å². The molecule has 1 saturated heterocycles. The molecule has 5 atom stereocenters. The Balaban J connectivity index is 2.03. The van der Waals surface area contributed by atoms with Crippen LogP contribution in [-0.2, 0) is 19.1 Å². The van der Waals surface area contributed by atoms with Crippen LogP contribution in [0.2, 0.25) is 0 Å². The fraction of sp³-hybridized carbons (Fsp3) is 0.500. The van der Waals surface area contributed by atoms with Crippen LogP contribution in [0.1, 0.15) is 13.8 Å². The molecular formula is C16H21NO8. The minimum atomic E-state index is -1.53. The number of ether oxygens (including phenoxy) is 3. The molecule has 0 radical (unpaired) electrons. The van der Waals surface area contributed by atoms with Gasteiger partial charge in [-0.2, -0.15) is 0 Å². The van der Waals surface area contributed by atoms with Gasteiger partial charge in [-0.25, -0.2) is 0 Å². The Morgan fingerprint density at radius 3 is 2.28 bits per heavy atom. The summed E-state index contributed by atoms with van der Waals surface area (Å²) in [5, 5.41) is 32.4. The highest BCUT2D eigenvalue weighted by atomic mass is 16.7. The molecule has 1 fully saturated rings. The number of esters is 1. The second-order valence-electron chi connectivity index (χ2n) is 5.64. The van der Waals surface area contributed by atoms with E-state index in [1.165, 1.54) is 13.8 Å². The molecule has 1 aliphatic heterocycles. The number of hydrogen-bond acceptors (Lipinski definition) is 8. The first-order valence-corrected chi connectivity index (χ1v) is 7.65. The monoisotopic (exact) mass is 355 g/mol. The Labute approximate surface area is 144 Å². The van der Waals surface area contributed by atoms with E-state index < -0.39 is 36.7 Å². The summed E-state index contributed by atoms with van der Waals surface area (Å²) >= 11 is 0. The summed E-state index contributed by atoms with van der Waals surface area (Å²) in [5.74, 6) is -0.472. The van der Waals surface area contributed by atoms with Crippen LogP contribution in [0.5, 0.6) is 5.75 Å². The minimum absolute atomic E-state index is 0.217. The Morgan fingerprint density at radius 1 is 1.08 bits per heavy atom. The van der Waals surface area contributed by atoms with Gasteiger partial charge in [-0.1, -0.05) is 0 Å². The number of anilines is 1. The molecule has 0 aliphatic carbocycles. The van der Waals surface area contributed by atoms with Crippen LogP contribution >= 0.6 is 0 Å². The van der Waals surface area contributed by atoms with Crippen molar-refractivity contribution >= 4 is 17.6 Å². The van der Waals surface area contributed by atoms with Gasteiger partial charge in [-0.05, 0) is 24.3 Å². The van der Waals surface area contributed by atoms with Crippen molar-refractivity contribution in [2.75, 3.05) is 11.9 Å². The number of carbonyl (C=O) groups excluding carboxylic acids is 2. The predicted octanol–water partition coefficient (Wildman–Crippen LogP) is -0.606. The minimum Gasteiger partial charge on any atom is -0.463 e. The van der Waals surface area contributed by atoms with Crippen LogP contribution in [0, 0.1) is 0 Å². The molecule has 4 unspecified atom stereocenters. The first-order chi connectivity index (χ1) is 11.8. The fourth-order valence-corrected chi connectivity index (χ4v) is 2.31. The number of benzene rings is 1. The molecule has 9 heteroatoms. The van der Waals surface area contributed by atoms with Crippen LogP contribution in [0.4, 0.5) is 5.69 Å². The molecule has 4 N–H and O–H groups in total. The van der Waals surface area contributed by atoms with E-state index in [4.69, 9.17) is 14.2 Å². The van der Waals surface area contributed by atoms with Gasteiger partial charge in [0, 0.05) is 19.5 Å². The van der Waals surface area contributed by atoms with Gasteiger partial charge in [0.05, 0.1) is 0 Å². The molecule has 0 bridgehead atoms. The van der Waals surface area contributed by atoms with Crippen LogP contribution in [-0.4, -0.2) is 64.5 Å². The third-order valence-corrected chi connectivity index (χ3v) is 3.55. The third-order valence-electron chi connectivity index (χ3n) is 3.55. The van der Waals surface area contributed by atoms with Crippen LogP contribution in [0.15, 0.2) is 24.3 Å². The van der Waals surface area contributed by atoms with E-state index >= 15 is 0 Å². The second-order valence-corrected chi connectivity index (χ2v) is 5.64. The lowest BCUT2D eigenvalue weighted by Gasteiger charge is -2.39. The van der Waals surface area contributed by atoms with E-state index in [9.17, 15) is 24.9 Å². The number of nitrogens with one attached hydrogen (secondary N) is 1. The SMILES string of the molecule is CC(=O)Nc1ccc(OC2OC(COC(C)=O)[C@@H](O)C(O)C2O)cc1. The molecular weight excluding hydrogens is 334 g/mol. The highest BCUT2D eigenvalue weighted by Gasteiger charge is 2.45. The largest absolute Gasteiger partial charge is 0.463 e. The van der Waals surface area contributed by atoms with E-state index in [-0.39, 0.29) is 12.5 Å². The van der Waals surface area contributed by atoms with Crippen molar-refractivity contribution in [1.29, 1.82) is 0 Å². The van der Waals surface area contributed by atoms with Gasteiger partial charge >= 0.3 is 5.97 Å². The Hall–Kier alpha value is -2.20. The maximum atomic E-state index is 11.0. The molecule has 1 aromatic rings. The molecule has 0 spiro atoms. The zero-order chi connectivity index (χ0) is 18.6. The average molecular weight is 355 g/mol. The van der Waals surface area contributed by atoms with Crippen molar-refractivity contribution in [3.63, 3.8) is 0 Å². The van der Waals surface area contributed by atoms with Crippen molar-refractivity contribution in [3.05, 3.63) is 24.3 Å². The summed E-state index contributed by atoms with van der Waals surface area (Å²) in [7, 11) is 0. The quantitative estimate of drug-likeness (QED) is 0.514. The number of aliphatic hydroxyl groups excluding tert-OH is 3. The van der Waals surface area contributed by atoms with Crippen LogP contribution in [0.3, 0.4) is 0 Å². The molecule has 0 saturated carbocycles. The Morgan fingerprint density at radius 2 is 1.72 bits per heavy atom. The van der Waals surface area contributed by atoms with Crippen molar-refractivity contribution in [2.45, 2.75) is 44.6 Å². The van der Waals surface area contributed by atoms with Crippen LogP contribution in [0.25, 0.3) is 0 Å². The summed E-state index contributed by atoms with van der Waals surface area (Å²) in [6.07, 6.45) is -6.79. The highest BCUT2D eigenvalue weighted by Crippen LogP contribution is 2.25. The van der Waals surface area contributed by atoms with Gasteiger partial charge in [0.25, 0.3) is 0 Å². The van der Waals surface area contributed by atoms with E-state index in [1.54, 1.807) is 24.3 Å². The number of aliphatic hydroxyl groups is 3. The molecule has 25 heavy (non-hydrogen) atoms. The van der Waals surface area contributed by atoms with Gasteiger partial charge in [0.1, 0.15) is 36.8 Å². The van der Waals surface area contributed by atoms with E-state index in [0.29, 0.717) is 11.4 Å². The van der Waals surface area contributed by atoms with Gasteiger partial charge in [-0.15, -0.1) is 0 Å². The first-order valence-electron chi connectivity index (χ1n) is 7.65. The molecule has 9 nitrogen and oxygen atoms in total. The topological polar surface area (TPSA) is 135 Å². The summed E-state index contributed by atoms with van der Waals surface area (Å²) in [4.78, 5) is 21.9. The number of amides is 1. The smallest absolute Gasteiger partial charge is 0.302 e. The maximum absolute atomic E-state index is 11.0. The zero-order valence-corrected chi connectivity index (χ0v) is 13.8. The molecule has 1 aromatic carbocycles. The summed E-state index contributed by atoms with van der Waals surface area (Å²) in [6.45, 7) is 2.29. The van der Waals surface area contributed by atoms with Gasteiger partial charge in [0.15, 0.2) is 0 Å². The van der Waals surface area contributed by atoms with Crippen molar-refractivity contribution in [2.24, 2.45) is 0 Å². The second kappa shape index (κ2) is 8.26. The Bertz CT molecular complexity index is 605. The van der Waals surface area contributed by atoms with E-state index in [2.05, 4.69) is 5.32 Å². The lowest BCUT2D eigenvalue weighted by molar-refractivity contribution is -0.278. The molecule has 1 aliphatic rings. The van der Waals surface area contributed by atoms with Gasteiger partial charge in [0.2, 0.25) is 12.2 Å². The van der Waals surface area contributed by atoms with Crippen molar-refractivity contribution in [3.8, 4) is 5.75 Å². The summed E-state index contributed by atoms with van der Waals surface area (Å²) in [6, 6.07) is 6.26. The van der Waals surface area contributed by atoms with Gasteiger partial charge in [-0.3, -0.25) is 9.59 Å². The fourth-order valence-electron chi connectivity index (χ4n) is 2.31. The van der Waals surface area contributed by atoms with Crippen LogP contribution < -0.4 is 10.1 Å². The molecule has 138 valence electrons. The molecule has 2 rings (SSSR count).